The van der Waals surface area contributed by atoms with Crippen molar-refractivity contribution in [2.45, 2.75) is 13.0 Å². The summed E-state index contributed by atoms with van der Waals surface area (Å²) in [5.41, 5.74) is 0.915. The Morgan fingerprint density at radius 1 is 1.50 bits per heavy atom. The average Bonchev–Trinajstić information content (AvgIpc) is 2.23. The summed E-state index contributed by atoms with van der Waals surface area (Å²) in [4.78, 5) is 12.7. The van der Waals surface area contributed by atoms with E-state index in [-0.39, 0.29) is 10.6 Å². The molecule has 1 fully saturated rings. The largest absolute Gasteiger partial charge is 0.361 e. The summed E-state index contributed by atoms with van der Waals surface area (Å²) in [5, 5.41) is 14.1. The molecule has 86 valence electrons. The SMILES string of the molecule is CCN(c1ccccc1[N+](=O)[O-])C1CNC1. The Morgan fingerprint density at radius 2 is 2.19 bits per heavy atom. The van der Waals surface area contributed by atoms with Gasteiger partial charge in [-0.15, -0.1) is 0 Å². The number of hydrogen-bond donors (Lipinski definition) is 1. The topological polar surface area (TPSA) is 58.4 Å². The van der Waals surface area contributed by atoms with Gasteiger partial charge in [0.15, 0.2) is 0 Å². The number of nitrogens with zero attached hydrogens (tertiary/aromatic N) is 2. The van der Waals surface area contributed by atoms with Crippen molar-refractivity contribution in [2.75, 3.05) is 24.5 Å². The van der Waals surface area contributed by atoms with Gasteiger partial charge in [-0.3, -0.25) is 10.1 Å². The van der Waals surface area contributed by atoms with Crippen molar-refractivity contribution in [3.63, 3.8) is 0 Å². The minimum absolute atomic E-state index is 0.191. The first-order valence-electron chi connectivity index (χ1n) is 5.44. The van der Waals surface area contributed by atoms with Crippen molar-refractivity contribution in [3.05, 3.63) is 34.4 Å². The van der Waals surface area contributed by atoms with Crippen LogP contribution in [-0.2, 0) is 0 Å². The quantitative estimate of drug-likeness (QED) is 0.616. The Balaban J connectivity index is 2.32. The van der Waals surface area contributed by atoms with Gasteiger partial charge in [-0.25, -0.2) is 0 Å². The van der Waals surface area contributed by atoms with Crippen LogP contribution in [0.5, 0.6) is 0 Å². The van der Waals surface area contributed by atoms with Gasteiger partial charge in [-0.05, 0) is 13.0 Å². The molecule has 1 aromatic carbocycles. The van der Waals surface area contributed by atoms with Crippen LogP contribution in [0.1, 0.15) is 6.92 Å². The number of nitro benzene ring substituents is 1. The van der Waals surface area contributed by atoms with Crippen molar-refractivity contribution in [2.24, 2.45) is 0 Å². The lowest BCUT2D eigenvalue weighted by molar-refractivity contribution is -0.384. The van der Waals surface area contributed by atoms with Crippen molar-refractivity contribution in [1.82, 2.24) is 5.32 Å². The third-order valence-corrected chi connectivity index (χ3v) is 2.93. The summed E-state index contributed by atoms with van der Waals surface area (Å²) in [6.45, 7) is 4.62. The maximum absolute atomic E-state index is 10.9. The van der Waals surface area contributed by atoms with Crippen LogP contribution in [0.15, 0.2) is 24.3 Å². The zero-order chi connectivity index (χ0) is 11.5. The van der Waals surface area contributed by atoms with E-state index >= 15 is 0 Å². The Morgan fingerprint density at radius 3 is 2.69 bits per heavy atom. The number of hydrogen-bond acceptors (Lipinski definition) is 4. The molecule has 1 heterocycles. The molecule has 1 aliphatic heterocycles. The monoisotopic (exact) mass is 221 g/mol. The highest BCUT2D eigenvalue weighted by Crippen LogP contribution is 2.29. The predicted molar refractivity (Wildman–Crippen MR) is 62.8 cm³/mol. The summed E-state index contributed by atoms with van der Waals surface area (Å²) in [6, 6.07) is 7.31. The summed E-state index contributed by atoms with van der Waals surface area (Å²) in [5.74, 6) is 0. The van der Waals surface area contributed by atoms with Crippen molar-refractivity contribution < 1.29 is 4.92 Å². The molecular formula is C11H15N3O2. The molecule has 0 amide bonds. The number of benzene rings is 1. The molecule has 0 saturated carbocycles. The molecule has 0 aromatic heterocycles. The summed E-state index contributed by atoms with van der Waals surface area (Å²) in [7, 11) is 0. The van der Waals surface area contributed by atoms with Gasteiger partial charge in [-0.2, -0.15) is 0 Å². The molecule has 2 rings (SSSR count). The minimum Gasteiger partial charge on any atom is -0.361 e. The van der Waals surface area contributed by atoms with Crippen LogP contribution in [-0.4, -0.2) is 30.6 Å². The van der Waals surface area contributed by atoms with Crippen LogP contribution < -0.4 is 10.2 Å². The Kier molecular flexibility index (Phi) is 3.05. The molecular weight excluding hydrogens is 206 g/mol. The van der Waals surface area contributed by atoms with E-state index in [9.17, 15) is 10.1 Å². The van der Waals surface area contributed by atoms with Crippen LogP contribution in [0, 0.1) is 10.1 Å². The molecule has 0 radical (unpaired) electrons. The molecule has 0 atom stereocenters. The zero-order valence-electron chi connectivity index (χ0n) is 9.22. The minimum atomic E-state index is -0.315. The van der Waals surface area contributed by atoms with E-state index in [2.05, 4.69) is 10.2 Å². The van der Waals surface area contributed by atoms with Gasteiger partial charge in [0, 0.05) is 25.7 Å². The first kappa shape index (κ1) is 10.9. The molecule has 1 saturated heterocycles. The average molecular weight is 221 g/mol. The highest BCUT2D eigenvalue weighted by molar-refractivity contribution is 5.63. The third kappa shape index (κ3) is 1.86. The summed E-state index contributed by atoms with van der Waals surface area (Å²) < 4.78 is 0. The molecule has 1 N–H and O–H groups in total. The van der Waals surface area contributed by atoms with Gasteiger partial charge < -0.3 is 10.2 Å². The second-order valence-electron chi connectivity index (χ2n) is 3.84. The molecule has 16 heavy (non-hydrogen) atoms. The maximum atomic E-state index is 10.9. The normalized spacial score (nSPS) is 15.6. The van der Waals surface area contributed by atoms with E-state index in [1.165, 1.54) is 0 Å². The molecule has 0 spiro atoms. The van der Waals surface area contributed by atoms with Gasteiger partial charge in [0.25, 0.3) is 5.69 Å². The molecule has 1 aliphatic rings. The second-order valence-corrected chi connectivity index (χ2v) is 3.84. The van der Waals surface area contributed by atoms with Gasteiger partial charge >= 0.3 is 0 Å². The molecule has 0 bridgehead atoms. The van der Waals surface area contributed by atoms with Crippen molar-refractivity contribution in [1.29, 1.82) is 0 Å². The number of anilines is 1. The van der Waals surface area contributed by atoms with Crippen LogP contribution in [0.3, 0.4) is 0 Å². The lowest BCUT2D eigenvalue weighted by Gasteiger charge is -2.38. The second kappa shape index (κ2) is 4.49. The van der Waals surface area contributed by atoms with Crippen molar-refractivity contribution >= 4 is 11.4 Å². The van der Waals surface area contributed by atoms with Gasteiger partial charge in [0.2, 0.25) is 0 Å². The Hall–Kier alpha value is -1.62. The van der Waals surface area contributed by atoms with Gasteiger partial charge in [0.05, 0.1) is 11.0 Å². The first-order chi connectivity index (χ1) is 7.74. The number of para-hydroxylation sites is 2. The highest BCUT2D eigenvalue weighted by Gasteiger charge is 2.27. The number of nitro groups is 1. The molecule has 5 nitrogen and oxygen atoms in total. The Labute approximate surface area is 94.2 Å². The first-order valence-corrected chi connectivity index (χ1v) is 5.44. The van der Waals surface area contributed by atoms with Gasteiger partial charge in [0.1, 0.15) is 5.69 Å². The molecule has 1 aromatic rings. The smallest absolute Gasteiger partial charge is 0.292 e. The molecule has 0 unspecified atom stereocenters. The zero-order valence-corrected chi connectivity index (χ0v) is 9.22. The van der Waals surface area contributed by atoms with E-state index < -0.39 is 0 Å². The lowest BCUT2D eigenvalue weighted by atomic mass is 10.1. The summed E-state index contributed by atoms with van der Waals surface area (Å²) >= 11 is 0. The molecule has 0 aliphatic carbocycles. The fourth-order valence-electron chi connectivity index (χ4n) is 1.98. The number of rotatable bonds is 4. The van der Waals surface area contributed by atoms with E-state index in [1.807, 2.05) is 19.1 Å². The molecule has 5 heteroatoms. The third-order valence-electron chi connectivity index (χ3n) is 2.93. The maximum Gasteiger partial charge on any atom is 0.292 e. The van der Waals surface area contributed by atoms with E-state index in [1.54, 1.807) is 12.1 Å². The summed E-state index contributed by atoms with van der Waals surface area (Å²) in [6.07, 6.45) is 0. The Bertz CT molecular complexity index is 391. The van der Waals surface area contributed by atoms with E-state index in [4.69, 9.17) is 0 Å². The van der Waals surface area contributed by atoms with Crippen LogP contribution in [0.25, 0.3) is 0 Å². The number of likely N-dealkylation sites (N-methyl/N-ethyl adjacent to an activating group) is 1. The van der Waals surface area contributed by atoms with E-state index in [0.29, 0.717) is 6.04 Å². The fourth-order valence-corrected chi connectivity index (χ4v) is 1.98. The van der Waals surface area contributed by atoms with Crippen LogP contribution in [0.2, 0.25) is 0 Å². The lowest BCUT2D eigenvalue weighted by Crippen LogP contribution is -2.57. The van der Waals surface area contributed by atoms with Crippen LogP contribution >= 0.6 is 0 Å². The number of nitrogens with one attached hydrogen (secondary N) is 1. The van der Waals surface area contributed by atoms with Crippen molar-refractivity contribution in [3.8, 4) is 0 Å². The fraction of sp³-hybridized carbons (Fsp3) is 0.455. The highest BCUT2D eigenvalue weighted by atomic mass is 16.6. The predicted octanol–water partition coefficient (Wildman–Crippen LogP) is 1.39. The van der Waals surface area contributed by atoms with Gasteiger partial charge in [-0.1, -0.05) is 12.1 Å². The standard InChI is InChI=1S/C11H15N3O2/c1-2-13(9-7-12-8-9)10-5-3-4-6-11(10)14(15)16/h3-6,9,12H,2,7-8H2,1H3. The van der Waals surface area contributed by atoms with E-state index in [0.717, 1.165) is 25.3 Å². The van der Waals surface area contributed by atoms with Crippen LogP contribution in [0.4, 0.5) is 11.4 Å².